The Labute approximate surface area is 149 Å². The molecule has 0 radical (unpaired) electrons. The number of nitrogens with one attached hydrogen (secondary N) is 3. The number of fused-ring (bicyclic) bond motifs is 1. The largest absolute Gasteiger partial charge is 0.441 e. The van der Waals surface area contributed by atoms with Gasteiger partial charge in [-0.1, -0.05) is 29.8 Å². The predicted molar refractivity (Wildman–Crippen MR) is 96.2 cm³/mol. The standard InChI is InChI=1S/C18H17ClN4O2/c1-10-20-15-8-11(6-7-17(15)25-10)21-18(24)16-9-14(22-23-16)12-4-2-3-5-13(12)19/h2-8,14,16,22-23H,9H2,1H3,(H,21,24). The Morgan fingerprint density at radius 3 is 2.96 bits per heavy atom. The zero-order chi connectivity index (χ0) is 17.4. The van der Waals surface area contributed by atoms with E-state index < -0.39 is 0 Å². The Kier molecular flexibility index (Phi) is 4.17. The van der Waals surface area contributed by atoms with E-state index in [1.54, 1.807) is 25.1 Å². The Bertz CT molecular complexity index is 940. The number of carbonyl (C=O) groups is 1. The van der Waals surface area contributed by atoms with Gasteiger partial charge in [0.2, 0.25) is 5.91 Å². The lowest BCUT2D eigenvalue weighted by Crippen LogP contribution is -2.39. The normalized spacial score (nSPS) is 20.1. The first kappa shape index (κ1) is 16.1. The van der Waals surface area contributed by atoms with E-state index in [2.05, 4.69) is 21.2 Å². The molecule has 0 bridgehead atoms. The third kappa shape index (κ3) is 3.24. The summed E-state index contributed by atoms with van der Waals surface area (Å²) in [6.45, 7) is 1.79. The average Bonchev–Trinajstić information content (AvgIpc) is 3.20. The fourth-order valence-electron chi connectivity index (χ4n) is 3.04. The van der Waals surface area contributed by atoms with Crippen LogP contribution in [0.15, 0.2) is 46.9 Å². The van der Waals surface area contributed by atoms with Gasteiger partial charge < -0.3 is 9.73 Å². The first-order chi connectivity index (χ1) is 12.1. The molecule has 2 unspecified atom stereocenters. The van der Waals surface area contributed by atoms with Gasteiger partial charge in [0.15, 0.2) is 11.5 Å². The molecule has 25 heavy (non-hydrogen) atoms. The summed E-state index contributed by atoms with van der Waals surface area (Å²) in [4.78, 5) is 16.8. The quantitative estimate of drug-likeness (QED) is 0.670. The molecule has 7 heteroatoms. The lowest BCUT2D eigenvalue weighted by Gasteiger charge is -2.11. The third-order valence-corrected chi connectivity index (χ3v) is 4.61. The molecule has 1 fully saturated rings. The highest BCUT2D eigenvalue weighted by atomic mass is 35.5. The fourth-order valence-corrected chi connectivity index (χ4v) is 3.31. The lowest BCUT2D eigenvalue weighted by molar-refractivity contribution is -0.117. The maximum Gasteiger partial charge on any atom is 0.242 e. The number of anilines is 1. The van der Waals surface area contributed by atoms with Crippen LogP contribution in [0.25, 0.3) is 11.1 Å². The van der Waals surface area contributed by atoms with E-state index in [4.69, 9.17) is 16.0 Å². The number of aromatic nitrogens is 1. The van der Waals surface area contributed by atoms with Crippen LogP contribution >= 0.6 is 11.6 Å². The van der Waals surface area contributed by atoms with Crippen LogP contribution in [-0.2, 0) is 4.79 Å². The summed E-state index contributed by atoms with van der Waals surface area (Å²) in [6.07, 6.45) is 0.612. The number of rotatable bonds is 3. The van der Waals surface area contributed by atoms with Crippen molar-refractivity contribution in [2.24, 2.45) is 0 Å². The first-order valence-corrected chi connectivity index (χ1v) is 8.41. The minimum Gasteiger partial charge on any atom is -0.441 e. The SMILES string of the molecule is Cc1nc2cc(NC(=O)C3CC(c4ccccc4Cl)NN3)ccc2o1. The highest BCUT2D eigenvalue weighted by Crippen LogP contribution is 2.28. The molecular formula is C18H17ClN4O2. The van der Waals surface area contributed by atoms with Crippen LogP contribution in [0, 0.1) is 6.92 Å². The number of carbonyl (C=O) groups excluding carboxylic acids is 1. The topological polar surface area (TPSA) is 79.2 Å². The van der Waals surface area contributed by atoms with Crippen molar-refractivity contribution in [3.8, 4) is 0 Å². The Morgan fingerprint density at radius 1 is 1.28 bits per heavy atom. The highest BCUT2D eigenvalue weighted by Gasteiger charge is 2.31. The Morgan fingerprint density at radius 2 is 2.12 bits per heavy atom. The van der Waals surface area contributed by atoms with Crippen LogP contribution in [0.2, 0.25) is 5.02 Å². The number of halogens is 1. The Balaban J connectivity index is 1.45. The van der Waals surface area contributed by atoms with Crippen LogP contribution in [0.3, 0.4) is 0 Å². The number of hydrogen-bond donors (Lipinski definition) is 3. The number of benzene rings is 2. The van der Waals surface area contributed by atoms with Crippen LogP contribution in [0.1, 0.15) is 23.9 Å². The number of oxazole rings is 1. The number of hydrogen-bond acceptors (Lipinski definition) is 5. The van der Waals surface area contributed by atoms with E-state index in [9.17, 15) is 4.79 Å². The van der Waals surface area contributed by atoms with Gasteiger partial charge in [0.25, 0.3) is 0 Å². The second kappa shape index (κ2) is 6.48. The van der Waals surface area contributed by atoms with E-state index in [-0.39, 0.29) is 18.0 Å². The van der Waals surface area contributed by atoms with Crippen molar-refractivity contribution in [2.75, 3.05) is 5.32 Å². The van der Waals surface area contributed by atoms with E-state index in [0.29, 0.717) is 28.6 Å². The molecule has 1 aliphatic heterocycles. The monoisotopic (exact) mass is 356 g/mol. The van der Waals surface area contributed by atoms with Gasteiger partial charge in [0.05, 0.1) is 0 Å². The van der Waals surface area contributed by atoms with Gasteiger partial charge in [-0.2, -0.15) is 0 Å². The molecule has 3 aromatic rings. The lowest BCUT2D eigenvalue weighted by atomic mass is 10.0. The number of amides is 1. The second-order valence-electron chi connectivity index (χ2n) is 6.06. The molecular weight excluding hydrogens is 340 g/mol. The van der Waals surface area contributed by atoms with E-state index in [1.165, 1.54) is 0 Å². The maximum absolute atomic E-state index is 12.5. The molecule has 0 saturated carbocycles. The summed E-state index contributed by atoms with van der Waals surface area (Å²) < 4.78 is 5.44. The van der Waals surface area contributed by atoms with Crippen LogP contribution in [0.4, 0.5) is 5.69 Å². The molecule has 2 atom stereocenters. The molecule has 0 spiro atoms. The van der Waals surface area contributed by atoms with Crippen molar-refractivity contribution in [1.29, 1.82) is 0 Å². The van der Waals surface area contributed by atoms with Gasteiger partial charge in [-0.05, 0) is 36.2 Å². The fraction of sp³-hybridized carbons (Fsp3) is 0.222. The van der Waals surface area contributed by atoms with Gasteiger partial charge in [-0.25, -0.2) is 15.8 Å². The molecule has 1 amide bonds. The van der Waals surface area contributed by atoms with Gasteiger partial charge in [-0.15, -0.1) is 0 Å². The molecule has 0 aliphatic carbocycles. The number of hydrazine groups is 1. The summed E-state index contributed by atoms with van der Waals surface area (Å²) in [5, 5.41) is 3.61. The van der Waals surface area contributed by atoms with Gasteiger partial charge in [0.1, 0.15) is 11.6 Å². The van der Waals surface area contributed by atoms with Crippen molar-refractivity contribution in [3.05, 3.63) is 58.9 Å². The smallest absolute Gasteiger partial charge is 0.242 e. The van der Waals surface area contributed by atoms with Gasteiger partial charge in [0, 0.05) is 23.7 Å². The summed E-state index contributed by atoms with van der Waals surface area (Å²) in [6, 6.07) is 12.7. The summed E-state index contributed by atoms with van der Waals surface area (Å²) in [7, 11) is 0. The molecule has 2 heterocycles. The van der Waals surface area contributed by atoms with Crippen molar-refractivity contribution >= 4 is 34.3 Å². The molecule has 6 nitrogen and oxygen atoms in total. The highest BCUT2D eigenvalue weighted by molar-refractivity contribution is 6.31. The average molecular weight is 357 g/mol. The minimum atomic E-state index is -0.351. The number of nitrogens with zero attached hydrogens (tertiary/aromatic N) is 1. The van der Waals surface area contributed by atoms with Crippen molar-refractivity contribution < 1.29 is 9.21 Å². The zero-order valence-electron chi connectivity index (χ0n) is 13.5. The molecule has 128 valence electrons. The van der Waals surface area contributed by atoms with Crippen LogP contribution < -0.4 is 16.2 Å². The summed E-state index contributed by atoms with van der Waals surface area (Å²) in [5.41, 5.74) is 9.27. The second-order valence-corrected chi connectivity index (χ2v) is 6.46. The molecule has 1 saturated heterocycles. The third-order valence-electron chi connectivity index (χ3n) is 4.26. The summed E-state index contributed by atoms with van der Waals surface area (Å²) >= 11 is 6.23. The van der Waals surface area contributed by atoms with E-state index in [0.717, 1.165) is 11.1 Å². The molecule has 2 aromatic carbocycles. The zero-order valence-corrected chi connectivity index (χ0v) is 14.3. The first-order valence-electron chi connectivity index (χ1n) is 8.04. The molecule has 1 aromatic heterocycles. The molecule has 1 aliphatic rings. The minimum absolute atomic E-state index is 0.00915. The van der Waals surface area contributed by atoms with Crippen molar-refractivity contribution in [3.63, 3.8) is 0 Å². The van der Waals surface area contributed by atoms with Crippen LogP contribution in [-0.4, -0.2) is 16.9 Å². The Hall–Kier alpha value is -2.41. The van der Waals surface area contributed by atoms with Crippen molar-refractivity contribution in [2.45, 2.75) is 25.4 Å². The van der Waals surface area contributed by atoms with Gasteiger partial charge >= 0.3 is 0 Å². The van der Waals surface area contributed by atoms with E-state index in [1.807, 2.05) is 24.3 Å². The van der Waals surface area contributed by atoms with Crippen LogP contribution in [0.5, 0.6) is 0 Å². The summed E-state index contributed by atoms with van der Waals surface area (Å²) in [5.74, 6) is 0.490. The van der Waals surface area contributed by atoms with E-state index >= 15 is 0 Å². The van der Waals surface area contributed by atoms with Crippen molar-refractivity contribution in [1.82, 2.24) is 15.8 Å². The van der Waals surface area contributed by atoms with Gasteiger partial charge in [-0.3, -0.25) is 4.79 Å². The number of aryl methyl sites for hydroxylation is 1. The predicted octanol–water partition coefficient (Wildman–Crippen LogP) is 3.34. The maximum atomic E-state index is 12.5. The molecule has 4 rings (SSSR count). The molecule has 3 N–H and O–H groups in total.